The van der Waals surface area contributed by atoms with Gasteiger partial charge in [0.2, 0.25) is 0 Å². The minimum absolute atomic E-state index is 0.0289. The van der Waals surface area contributed by atoms with Crippen LogP contribution in [0.2, 0.25) is 0 Å². The fourth-order valence-electron chi connectivity index (χ4n) is 3.23. The number of H-pyrrole nitrogens is 1. The average Bonchev–Trinajstić information content (AvgIpc) is 3.13. The third kappa shape index (κ3) is 5.19. The van der Waals surface area contributed by atoms with Crippen LogP contribution in [0.3, 0.4) is 0 Å². The van der Waals surface area contributed by atoms with Crippen molar-refractivity contribution in [3.05, 3.63) is 53.0 Å². The van der Waals surface area contributed by atoms with Crippen LogP contribution in [0.1, 0.15) is 33.9 Å². The van der Waals surface area contributed by atoms with Crippen LogP contribution in [-0.2, 0) is 22.7 Å². The van der Waals surface area contributed by atoms with Gasteiger partial charge in [0, 0.05) is 30.5 Å². The van der Waals surface area contributed by atoms with E-state index in [4.69, 9.17) is 10.8 Å². The summed E-state index contributed by atoms with van der Waals surface area (Å²) in [5.74, 6) is -2.24. The molecule has 168 valence electrons. The quantitative estimate of drug-likeness (QED) is 0.329. The first-order valence-corrected chi connectivity index (χ1v) is 9.79. The molecule has 0 spiro atoms. The number of aryl methyl sites for hydroxylation is 1. The maximum atomic E-state index is 12.9. The Hall–Kier alpha value is -3.99. The molecular weight excluding hydrogens is 416 g/mol. The van der Waals surface area contributed by atoms with Crippen molar-refractivity contribution < 1.29 is 24.6 Å². The van der Waals surface area contributed by atoms with E-state index in [9.17, 15) is 19.5 Å². The summed E-state index contributed by atoms with van der Waals surface area (Å²) in [4.78, 5) is 48.5. The summed E-state index contributed by atoms with van der Waals surface area (Å²) >= 11 is 0. The van der Waals surface area contributed by atoms with Gasteiger partial charge in [-0.1, -0.05) is 0 Å². The number of hydrogen-bond acceptors (Lipinski definition) is 7. The number of nitrogens with one attached hydrogen (secondary N) is 2. The summed E-state index contributed by atoms with van der Waals surface area (Å²) in [7, 11) is 1.63. The summed E-state index contributed by atoms with van der Waals surface area (Å²) in [6, 6.07) is 7.04. The van der Waals surface area contributed by atoms with Gasteiger partial charge in [-0.3, -0.25) is 9.59 Å². The molecule has 1 aromatic carbocycles. The predicted molar refractivity (Wildman–Crippen MR) is 116 cm³/mol. The second kappa shape index (κ2) is 9.43. The smallest absolute Gasteiger partial charge is 0.326 e. The molecule has 0 unspecified atom stereocenters. The number of nitrogens with zero attached hydrogens (tertiary/aromatic N) is 3. The number of aliphatic carboxylic acids is 2. The molecule has 1 atom stereocenters. The Balaban J connectivity index is 1.76. The standard InChI is InChI=1S/C21H24N6O5/c1-11-3-5-15-19(23-11)26-17(25-15)10-27(2)20(30)12-4-6-14(13(7-12)9-22)24-16(21(31)32)8-18(28)29/h3-7,16,24H,8-10,22H2,1-2H3,(H,28,29)(H,31,32)(H,23,25,26)/t16-/m0/s1. The van der Waals surface area contributed by atoms with Crippen molar-refractivity contribution >= 4 is 34.7 Å². The number of aromatic nitrogens is 3. The molecule has 0 aliphatic carbocycles. The van der Waals surface area contributed by atoms with E-state index in [0.29, 0.717) is 28.3 Å². The number of amides is 1. The lowest BCUT2D eigenvalue weighted by Gasteiger charge is -2.19. The Morgan fingerprint density at radius 2 is 1.94 bits per heavy atom. The zero-order chi connectivity index (χ0) is 23.4. The van der Waals surface area contributed by atoms with Crippen molar-refractivity contribution in [1.82, 2.24) is 19.9 Å². The van der Waals surface area contributed by atoms with Crippen molar-refractivity contribution in [3.63, 3.8) is 0 Å². The molecule has 0 fully saturated rings. The molecule has 11 heteroatoms. The Labute approximate surface area is 183 Å². The number of aromatic amines is 1. The third-order valence-electron chi connectivity index (χ3n) is 4.85. The average molecular weight is 440 g/mol. The number of carboxylic acid groups (broad SMARTS) is 2. The molecule has 0 saturated heterocycles. The molecule has 2 aromatic heterocycles. The number of carbonyl (C=O) groups is 3. The normalized spacial score (nSPS) is 11.8. The highest BCUT2D eigenvalue weighted by atomic mass is 16.4. The number of carboxylic acids is 2. The van der Waals surface area contributed by atoms with Gasteiger partial charge in [0.15, 0.2) is 5.65 Å². The first-order chi connectivity index (χ1) is 15.2. The van der Waals surface area contributed by atoms with Crippen LogP contribution in [0.25, 0.3) is 11.2 Å². The highest BCUT2D eigenvalue weighted by molar-refractivity contribution is 5.95. The van der Waals surface area contributed by atoms with Gasteiger partial charge in [0.05, 0.1) is 18.5 Å². The second-order valence-electron chi connectivity index (χ2n) is 7.38. The first kappa shape index (κ1) is 22.7. The molecular formula is C21H24N6O5. The van der Waals surface area contributed by atoms with Crippen LogP contribution < -0.4 is 11.1 Å². The van der Waals surface area contributed by atoms with Crippen LogP contribution in [0.15, 0.2) is 30.3 Å². The zero-order valence-corrected chi connectivity index (χ0v) is 17.6. The number of carbonyl (C=O) groups excluding carboxylic acids is 1. The third-order valence-corrected chi connectivity index (χ3v) is 4.85. The van der Waals surface area contributed by atoms with Gasteiger partial charge in [-0.25, -0.2) is 14.8 Å². The Morgan fingerprint density at radius 3 is 2.59 bits per heavy atom. The molecule has 0 aliphatic heterocycles. The lowest BCUT2D eigenvalue weighted by atomic mass is 10.1. The molecule has 0 saturated carbocycles. The van der Waals surface area contributed by atoms with Crippen LogP contribution in [0.5, 0.6) is 0 Å². The molecule has 0 aliphatic rings. The van der Waals surface area contributed by atoms with E-state index in [-0.39, 0.29) is 19.0 Å². The van der Waals surface area contributed by atoms with E-state index in [1.807, 2.05) is 19.1 Å². The highest BCUT2D eigenvalue weighted by Crippen LogP contribution is 2.21. The monoisotopic (exact) mass is 440 g/mol. The fraction of sp³-hybridized carbons (Fsp3) is 0.286. The van der Waals surface area contributed by atoms with E-state index >= 15 is 0 Å². The molecule has 0 radical (unpaired) electrons. The minimum atomic E-state index is -1.33. The van der Waals surface area contributed by atoms with E-state index in [0.717, 1.165) is 11.2 Å². The van der Waals surface area contributed by atoms with Crippen LogP contribution >= 0.6 is 0 Å². The van der Waals surface area contributed by atoms with Crippen molar-refractivity contribution in [3.8, 4) is 0 Å². The van der Waals surface area contributed by atoms with Crippen molar-refractivity contribution in [2.24, 2.45) is 5.73 Å². The number of rotatable bonds is 9. The van der Waals surface area contributed by atoms with Gasteiger partial charge in [-0.15, -0.1) is 0 Å². The number of hydrogen-bond donors (Lipinski definition) is 5. The molecule has 0 bridgehead atoms. The minimum Gasteiger partial charge on any atom is -0.481 e. The number of nitrogens with two attached hydrogens (primary N) is 1. The predicted octanol–water partition coefficient (Wildman–Crippen LogP) is 1.34. The highest BCUT2D eigenvalue weighted by Gasteiger charge is 2.22. The lowest BCUT2D eigenvalue weighted by molar-refractivity contribution is -0.144. The molecule has 3 rings (SSSR count). The van der Waals surface area contributed by atoms with E-state index in [1.54, 1.807) is 13.1 Å². The summed E-state index contributed by atoms with van der Waals surface area (Å²) < 4.78 is 0. The maximum absolute atomic E-state index is 12.9. The molecule has 2 heterocycles. The van der Waals surface area contributed by atoms with Crippen LogP contribution in [0, 0.1) is 6.92 Å². The summed E-state index contributed by atoms with van der Waals surface area (Å²) in [6.45, 7) is 2.13. The molecule has 6 N–H and O–H groups in total. The number of anilines is 1. The van der Waals surface area contributed by atoms with Crippen molar-refractivity contribution in [2.75, 3.05) is 12.4 Å². The molecule has 1 amide bonds. The number of pyridine rings is 1. The van der Waals surface area contributed by atoms with E-state index in [2.05, 4.69) is 20.3 Å². The second-order valence-corrected chi connectivity index (χ2v) is 7.38. The van der Waals surface area contributed by atoms with Gasteiger partial charge in [-0.2, -0.15) is 0 Å². The summed E-state index contributed by atoms with van der Waals surface area (Å²) in [6.07, 6.45) is -0.603. The van der Waals surface area contributed by atoms with Gasteiger partial charge in [-0.05, 0) is 42.8 Å². The van der Waals surface area contributed by atoms with Crippen molar-refractivity contribution in [1.29, 1.82) is 0 Å². The lowest BCUT2D eigenvalue weighted by Crippen LogP contribution is -2.32. The Bertz CT molecular complexity index is 1170. The number of imidazole rings is 1. The zero-order valence-electron chi connectivity index (χ0n) is 17.6. The van der Waals surface area contributed by atoms with Gasteiger partial charge in [0.25, 0.3) is 5.91 Å². The fourth-order valence-corrected chi connectivity index (χ4v) is 3.23. The maximum Gasteiger partial charge on any atom is 0.326 e. The van der Waals surface area contributed by atoms with Gasteiger partial charge in [0.1, 0.15) is 11.9 Å². The largest absolute Gasteiger partial charge is 0.481 e. The van der Waals surface area contributed by atoms with E-state index < -0.39 is 24.4 Å². The Kier molecular flexibility index (Phi) is 6.69. The molecule has 3 aromatic rings. The SMILES string of the molecule is Cc1ccc2[nH]c(CN(C)C(=O)c3ccc(N[C@@H](CC(=O)O)C(=O)O)c(CN)c3)nc2n1. The molecule has 11 nitrogen and oxygen atoms in total. The van der Waals surface area contributed by atoms with Crippen LogP contribution in [0.4, 0.5) is 5.69 Å². The van der Waals surface area contributed by atoms with Crippen molar-refractivity contribution in [2.45, 2.75) is 32.5 Å². The summed E-state index contributed by atoms with van der Waals surface area (Å²) in [5, 5.41) is 20.8. The number of fused-ring (bicyclic) bond motifs is 1. The summed E-state index contributed by atoms with van der Waals surface area (Å²) in [5.41, 5.74) is 9.19. The topological polar surface area (TPSA) is 175 Å². The van der Waals surface area contributed by atoms with Gasteiger partial charge >= 0.3 is 11.9 Å². The number of benzene rings is 1. The first-order valence-electron chi connectivity index (χ1n) is 9.79. The Morgan fingerprint density at radius 1 is 1.19 bits per heavy atom. The van der Waals surface area contributed by atoms with E-state index in [1.165, 1.54) is 17.0 Å². The van der Waals surface area contributed by atoms with Gasteiger partial charge < -0.3 is 31.1 Å². The molecule has 32 heavy (non-hydrogen) atoms. The van der Waals surface area contributed by atoms with Crippen LogP contribution in [-0.4, -0.2) is 61.0 Å².